The monoisotopic (exact) mass is 376 g/mol. The fourth-order valence-electron chi connectivity index (χ4n) is 1.99. The molecule has 0 atom stereocenters. The fourth-order valence-corrected chi connectivity index (χ4v) is 2.88. The van der Waals surface area contributed by atoms with E-state index in [-0.39, 0.29) is 11.7 Å². The average molecular weight is 376 g/mol. The molecule has 0 aliphatic heterocycles. The molecule has 1 aromatic carbocycles. The Balaban J connectivity index is 2.09. The number of nitrogens with one attached hydrogen (secondary N) is 3. The predicted octanol–water partition coefficient (Wildman–Crippen LogP) is 2.72. The number of hydrogen-bond acceptors (Lipinski definition) is 6. The van der Waals surface area contributed by atoms with Gasteiger partial charge in [-0.25, -0.2) is 4.98 Å². The van der Waals surface area contributed by atoms with E-state index in [9.17, 15) is 18.0 Å². The zero-order valence-electron chi connectivity index (χ0n) is 14.0. The predicted molar refractivity (Wildman–Crippen MR) is 90.9 cm³/mol. The Morgan fingerprint density at radius 1 is 1.28 bits per heavy atom. The lowest BCUT2D eigenvalue weighted by molar-refractivity contribution is -0.274. The second-order valence-electron chi connectivity index (χ2n) is 5.81. The van der Waals surface area contributed by atoms with Crippen LogP contribution in [0.4, 0.5) is 18.3 Å². The molecule has 0 aliphatic carbocycles. The van der Waals surface area contributed by atoms with Gasteiger partial charge >= 0.3 is 6.36 Å². The van der Waals surface area contributed by atoms with Crippen molar-refractivity contribution in [2.24, 2.45) is 0 Å². The second kappa shape index (κ2) is 7.54. The van der Waals surface area contributed by atoms with Crippen LogP contribution in [0.5, 0.6) is 5.75 Å². The third-order valence-electron chi connectivity index (χ3n) is 3.32. The number of anilines is 1. The highest BCUT2D eigenvalue weighted by molar-refractivity contribution is 7.22. The Morgan fingerprint density at radius 3 is 2.64 bits per heavy atom. The quantitative estimate of drug-likeness (QED) is 0.648. The standard InChI is InChI=1S/C15H19F3N4O2S/c1-14(2,20-7-6-19-3)12(23)22-13-21-10-5-4-9(8-11(10)25-13)24-15(16,17)18/h4-5,8,19-20H,6-7H2,1-3H3,(H,21,22,23). The third kappa shape index (κ3) is 5.55. The Labute approximate surface area is 146 Å². The molecule has 2 aromatic rings. The number of rotatable bonds is 7. The zero-order valence-corrected chi connectivity index (χ0v) is 14.8. The van der Waals surface area contributed by atoms with Crippen molar-refractivity contribution in [3.8, 4) is 5.75 Å². The summed E-state index contributed by atoms with van der Waals surface area (Å²) >= 11 is 1.08. The number of thiazole rings is 1. The highest BCUT2D eigenvalue weighted by atomic mass is 32.1. The highest BCUT2D eigenvalue weighted by Crippen LogP contribution is 2.31. The van der Waals surface area contributed by atoms with Crippen molar-refractivity contribution in [3.63, 3.8) is 0 Å². The number of benzene rings is 1. The lowest BCUT2D eigenvalue weighted by atomic mass is 10.1. The van der Waals surface area contributed by atoms with Gasteiger partial charge in [0, 0.05) is 19.2 Å². The minimum atomic E-state index is -4.75. The maximum atomic E-state index is 12.4. The Bertz CT molecular complexity index is 746. The smallest absolute Gasteiger partial charge is 0.406 e. The van der Waals surface area contributed by atoms with Gasteiger partial charge in [0.05, 0.1) is 15.8 Å². The molecule has 2 rings (SSSR count). The summed E-state index contributed by atoms with van der Waals surface area (Å²) in [5, 5.41) is 9.08. The van der Waals surface area contributed by atoms with E-state index in [1.54, 1.807) is 13.8 Å². The topological polar surface area (TPSA) is 75.3 Å². The van der Waals surface area contributed by atoms with Crippen molar-refractivity contribution in [2.45, 2.75) is 25.7 Å². The van der Waals surface area contributed by atoms with E-state index in [1.165, 1.54) is 18.2 Å². The number of ether oxygens (including phenoxy) is 1. The van der Waals surface area contributed by atoms with Crippen LogP contribution in [0.2, 0.25) is 0 Å². The summed E-state index contributed by atoms with van der Waals surface area (Å²) in [5.41, 5.74) is -0.338. The van der Waals surface area contributed by atoms with Crippen LogP contribution in [0.25, 0.3) is 10.2 Å². The van der Waals surface area contributed by atoms with Crippen molar-refractivity contribution in [1.29, 1.82) is 0 Å². The Morgan fingerprint density at radius 2 is 2.00 bits per heavy atom. The second-order valence-corrected chi connectivity index (χ2v) is 6.84. The van der Waals surface area contributed by atoms with E-state index in [1.807, 2.05) is 7.05 Å². The summed E-state index contributed by atoms with van der Waals surface area (Å²) in [6.45, 7) is 4.79. The first-order chi connectivity index (χ1) is 11.6. The molecule has 0 saturated heterocycles. The number of likely N-dealkylation sites (N-methyl/N-ethyl adjacent to an activating group) is 1. The molecule has 0 aliphatic rings. The van der Waals surface area contributed by atoms with Gasteiger partial charge in [-0.1, -0.05) is 11.3 Å². The maximum Gasteiger partial charge on any atom is 0.573 e. The van der Waals surface area contributed by atoms with Gasteiger partial charge in [0.2, 0.25) is 5.91 Å². The molecule has 0 bridgehead atoms. The molecule has 0 radical (unpaired) electrons. The number of hydrogen-bond donors (Lipinski definition) is 3. The molecular formula is C15H19F3N4O2S. The van der Waals surface area contributed by atoms with Crippen LogP contribution in [0.3, 0.4) is 0 Å². The van der Waals surface area contributed by atoms with Crippen LogP contribution in [-0.4, -0.2) is 42.9 Å². The summed E-state index contributed by atoms with van der Waals surface area (Å²) in [6.07, 6.45) is -4.75. The van der Waals surface area contributed by atoms with Crippen molar-refractivity contribution in [1.82, 2.24) is 15.6 Å². The minimum absolute atomic E-state index is 0.283. The summed E-state index contributed by atoms with van der Waals surface area (Å²) < 4.78 is 41.2. The van der Waals surface area contributed by atoms with E-state index in [0.29, 0.717) is 28.4 Å². The lowest BCUT2D eigenvalue weighted by Crippen LogP contribution is -2.51. The van der Waals surface area contributed by atoms with Crippen LogP contribution >= 0.6 is 11.3 Å². The summed E-state index contributed by atoms with van der Waals surface area (Å²) in [6, 6.07) is 3.84. The van der Waals surface area contributed by atoms with Gasteiger partial charge in [0.15, 0.2) is 5.13 Å². The highest BCUT2D eigenvalue weighted by Gasteiger charge is 2.31. The van der Waals surface area contributed by atoms with E-state index in [4.69, 9.17) is 0 Å². The lowest BCUT2D eigenvalue weighted by Gasteiger charge is -2.24. The van der Waals surface area contributed by atoms with Gasteiger partial charge in [0.1, 0.15) is 5.75 Å². The normalized spacial score (nSPS) is 12.4. The third-order valence-corrected chi connectivity index (χ3v) is 4.26. The summed E-state index contributed by atoms with van der Waals surface area (Å²) in [5.74, 6) is -0.606. The molecule has 0 unspecified atom stereocenters. The van der Waals surface area contributed by atoms with Crippen LogP contribution in [0.15, 0.2) is 18.2 Å². The largest absolute Gasteiger partial charge is 0.573 e. The van der Waals surface area contributed by atoms with Crippen LogP contribution in [-0.2, 0) is 4.79 Å². The molecule has 25 heavy (non-hydrogen) atoms. The van der Waals surface area contributed by atoms with E-state index >= 15 is 0 Å². The van der Waals surface area contributed by atoms with Crippen LogP contribution in [0, 0.1) is 0 Å². The Kier molecular flexibility index (Phi) is 5.86. The number of amides is 1. The molecule has 138 valence electrons. The number of carbonyl (C=O) groups excluding carboxylic acids is 1. The number of nitrogens with zero attached hydrogens (tertiary/aromatic N) is 1. The number of alkyl halides is 3. The first-order valence-corrected chi connectivity index (χ1v) is 8.30. The van der Waals surface area contributed by atoms with Crippen LogP contribution < -0.4 is 20.7 Å². The van der Waals surface area contributed by atoms with Gasteiger partial charge in [-0.2, -0.15) is 0 Å². The average Bonchev–Trinajstić information content (AvgIpc) is 2.87. The first-order valence-electron chi connectivity index (χ1n) is 7.48. The molecular weight excluding hydrogens is 357 g/mol. The van der Waals surface area contributed by atoms with E-state index in [0.717, 1.165) is 11.3 Å². The van der Waals surface area contributed by atoms with Crippen molar-refractivity contribution < 1.29 is 22.7 Å². The number of fused-ring (bicyclic) bond motifs is 1. The van der Waals surface area contributed by atoms with Crippen molar-refractivity contribution in [3.05, 3.63) is 18.2 Å². The fraction of sp³-hybridized carbons (Fsp3) is 0.467. The zero-order chi connectivity index (χ0) is 18.7. The number of aromatic nitrogens is 1. The number of carbonyl (C=O) groups is 1. The molecule has 10 heteroatoms. The molecule has 1 amide bonds. The molecule has 6 nitrogen and oxygen atoms in total. The maximum absolute atomic E-state index is 12.4. The van der Waals surface area contributed by atoms with Gasteiger partial charge in [-0.05, 0) is 33.0 Å². The number of halogens is 3. The van der Waals surface area contributed by atoms with Gasteiger partial charge in [-0.15, -0.1) is 13.2 Å². The molecule has 1 aromatic heterocycles. The summed E-state index contributed by atoms with van der Waals surface area (Å²) in [7, 11) is 1.81. The van der Waals surface area contributed by atoms with E-state index in [2.05, 4.69) is 25.7 Å². The molecule has 3 N–H and O–H groups in total. The van der Waals surface area contributed by atoms with Gasteiger partial charge < -0.3 is 20.7 Å². The molecule has 0 saturated carbocycles. The summed E-state index contributed by atoms with van der Waals surface area (Å²) in [4.78, 5) is 16.6. The van der Waals surface area contributed by atoms with Gasteiger partial charge in [0.25, 0.3) is 0 Å². The SMILES string of the molecule is CNCCNC(C)(C)C(=O)Nc1nc2ccc(OC(F)(F)F)cc2s1. The van der Waals surface area contributed by atoms with Crippen LogP contribution in [0.1, 0.15) is 13.8 Å². The molecule has 1 heterocycles. The Hall–Kier alpha value is -1.91. The van der Waals surface area contributed by atoms with Gasteiger partial charge in [-0.3, -0.25) is 4.79 Å². The minimum Gasteiger partial charge on any atom is -0.406 e. The molecule has 0 spiro atoms. The van der Waals surface area contributed by atoms with E-state index < -0.39 is 11.9 Å². The molecule has 0 fully saturated rings. The first kappa shape index (κ1) is 19.4. The van der Waals surface area contributed by atoms with Crippen molar-refractivity contribution in [2.75, 3.05) is 25.5 Å². The van der Waals surface area contributed by atoms with Crippen molar-refractivity contribution >= 4 is 32.6 Å².